The average Bonchev–Trinajstić information content (AvgIpc) is 3.58. The van der Waals surface area contributed by atoms with Crippen LogP contribution in [0, 0.1) is 30.6 Å². The lowest BCUT2D eigenvalue weighted by molar-refractivity contribution is -0.141. The van der Waals surface area contributed by atoms with E-state index in [-0.39, 0.29) is 23.8 Å². The van der Waals surface area contributed by atoms with Crippen LogP contribution < -0.4 is 10.6 Å². The zero-order valence-corrected chi connectivity index (χ0v) is 24.0. The molecule has 7 heteroatoms. The molecule has 1 spiro atoms. The zero-order chi connectivity index (χ0) is 28.0. The summed E-state index contributed by atoms with van der Waals surface area (Å²) >= 11 is 0. The first-order chi connectivity index (χ1) is 19.3. The van der Waals surface area contributed by atoms with E-state index in [0.717, 1.165) is 37.7 Å². The van der Waals surface area contributed by atoms with E-state index in [9.17, 15) is 14.4 Å². The molecule has 8 atom stereocenters. The summed E-state index contributed by atoms with van der Waals surface area (Å²) < 4.78 is 6.53. The number of nitrogens with zero attached hydrogens (tertiary/aromatic N) is 1. The van der Waals surface area contributed by atoms with Crippen LogP contribution >= 0.6 is 0 Å². The SMILES string of the molecule is Cc1cccc(NC(=O)[C@@H]2[C@@H]3C=C[C@]4(O3)[C@@H]2C(=O)N(CCC2=CCCCC2)[C@H]4C(=O)N[C@@H]2CCC[C@H](C)[C@@H]2C)c1. The van der Waals surface area contributed by atoms with Crippen LogP contribution in [-0.4, -0.2) is 53.0 Å². The Labute approximate surface area is 237 Å². The van der Waals surface area contributed by atoms with Crippen molar-refractivity contribution in [2.75, 3.05) is 11.9 Å². The minimum absolute atomic E-state index is 0.0766. The minimum Gasteiger partial charge on any atom is -0.359 e. The highest BCUT2D eigenvalue weighted by atomic mass is 16.5. The van der Waals surface area contributed by atoms with Gasteiger partial charge in [0.2, 0.25) is 17.7 Å². The van der Waals surface area contributed by atoms with E-state index >= 15 is 0 Å². The van der Waals surface area contributed by atoms with Gasteiger partial charge in [-0.3, -0.25) is 14.4 Å². The number of hydrogen-bond donors (Lipinski definition) is 2. The van der Waals surface area contributed by atoms with Crippen molar-refractivity contribution in [3.8, 4) is 0 Å². The molecule has 40 heavy (non-hydrogen) atoms. The van der Waals surface area contributed by atoms with E-state index in [1.54, 1.807) is 4.90 Å². The van der Waals surface area contributed by atoms with Gasteiger partial charge < -0.3 is 20.3 Å². The molecule has 3 aliphatic heterocycles. The summed E-state index contributed by atoms with van der Waals surface area (Å²) in [7, 11) is 0. The maximum atomic E-state index is 14.2. The fourth-order valence-electron chi connectivity index (χ4n) is 7.90. The zero-order valence-electron chi connectivity index (χ0n) is 24.0. The monoisotopic (exact) mass is 545 g/mol. The van der Waals surface area contributed by atoms with Gasteiger partial charge in [-0.1, -0.05) is 62.6 Å². The molecule has 1 saturated carbocycles. The van der Waals surface area contributed by atoms with Crippen molar-refractivity contribution in [1.82, 2.24) is 10.2 Å². The molecule has 2 saturated heterocycles. The highest BCUT2D eigenvalue weighted by Gasteiger charge is 2.72. The molecular formula is C33H43N3O4. The fourth-order valence-corrected chi connectivity index (χ4v) is 7.90. The number of aryl methyl sites for hydroxylation is 1. The van der Waals surface area contributed by atoms with Gasteiger partial charge in [0, 0.05) is 18.3 Å². The Morgan fingerprint density at radius 1 is 1.12 bits per heavy atom. The summed E-state index contributed by atoms with van der Waals surface area (Å²) in [5.41, 5.74) is 1.98. The molecule has 2 bridgehead atoms. The molecule has 6 rings (SSSR count). The third-order valence-corrected chi connectivity index (χ3v) is 10.3. The first-order valence-corrected chi connectivity index (χ1v) is 15.3. The van der Waals surface area contributed by atoms with Crippen LogP contribution in [0.3, 0.4) is 0 Å². The molecule has 0 radical (unpaired) electrons. The van der Waals surface area contributed by atoms with Gasteiger partial charge >= 0.3 is 0 Å². The number of benzene rings is 1. The van der Waals surface area contributed by atoms with E-state index in [2.05, 4.69) is 30.6 Å². The normalized spacial score (nSPS) is 36.4. The lowest BCUT2D eigenvalue weighted by Crippen LogP contribution is -2.58. The Morgan fingerprint density at radius 2 is 1.98 bits per heavy atom. The van der Waals surface area contributed by atoms with Crippen LogP contribution in [0.25, 0.3) is 0 Å². The van der Waals surface area contributed by atoms with Crippen molar-refractivity contribution in [2.24, 2.45) is 23.7 Å². The first-order valence-electron chi connectivity index (χ1n) is 15.3. The summed E-state index contributed by atoms with van der Waals surface area (Å²) in [5, 5.41) is 6.37. The quantitative estimate of drug-likeness (QED) is 0.477. The summed E-state index contributed by atoms with van der Waals surface area (Å²) in [5.74, 6) is -1.01. The number of likely N-dealkylation sites (tertiary alicyclic amines) is 1. The maximum Gasteiger partial charge on any atom is 0.246 e. The molecular weight excluding hydrogens is 502 g/mol. The van der Waals surface area contributed by atoms with Gasteiger partial charge in [0.15, 0.2) is 0 Å². The third-order valence-electron chi connectivity index (χ3n) is 10.3. The van der Waals surface area contributed by atoms with Crippen LogP contribution in [0.15, 0.2) is 48.1 Å². The molecule has 1 aromatic rings. The third kappa shape index (κ3) is 4.70. The van der Waals surface area contributed by atoms with Crippen molar-refractivity contribution < 1.29 is 19.1 Å². The number of fused-ring (bicyclic) bond motifs is 1. The molecule has 7 nitrogen and oxygen atoms in total. The number of amides is 3. The van der Waals surface area contributed by atoms with E-state index in [4.69, 9.17) is 4.74 Å². The second kappa shape index (κ2) is 10.8. The predicted molar refractivity (Wildman–Crippen MR) is 154 cm³/mol. The number of allylic oxidation sites excluding steroid dienone is 1. The number of carbonyl (C=O) groups excluding carboxylic acids is 3. The molecule has 3 fully saturated rings. The van der Waals surface area contributed by atoms with Crippen molar-refractivity contribution in [3.05, 3.63) is 53.6 Å². The summed E-state index contributed by atoms with van der Waals surface area (Å²) in [6.45, 7) is 6.91. The highest BCUT2D eigenvalue weighted by Crippen LogP contribution is 2.55. The number of ether oxygens (including phenoxy) is 1. The van der Waals surface area contributed by atoms with Gasteiger partial charge in [0.25, 0.3) is 0 Å². The Hall–Kier alpha value is -2.93. The van der Waals surface area contributed by atoms with Gasteiger partial charge in [0.1, 0.15) is 11.6 Å². The van der Waals surface area contributed by atoms with E-state index in [1.165, 1.54) is 24.8 Å². The molecule has 5 aliphatic rings. The van der Waals surface area contributed by atoms with Gasteiger partial charge in [-0.2, -0.15) is 0 Å². The standard InChI is InChI=1S/C33H43N3O4/c1-20-9-7-13-24(19-20)34-30(37)27-26-15-17-33(40-26)28(27)32(39)36(18-16-23-11-5-4-6-12-23)29(33)31(38)35-25-14-8-10-21(2)22(25)3/h7,9,11,13,15,17,19,21-22,25-29H,4-6,8,10,12,14,16,18H2,1-3H3,(H,34,37)(H,35,38)/t21-,22-,25+,26-,27+,28-,29-,33-/m0/s1. The minimum atomic E-state index is -1.12. The first kappa shape index (κ1) is 27.3. The second-order valence-electron chi connectivity index (χ2n) is 12.8. The Kier molecular flexibility index (Phi) is 7.36. The van der Waals surface area contributed by atoms with Gasteiger partial charge in [-0.05, 0) is 75.0 Å². The lowest BCUT2D eigenvalue weighted by Gasteiger charge is -2.38. The molecule has 3 heterocycles. The van der Waals surface area contributed by atoms with Crippen molar-refractivity contribution in [2.45, 2.75) is 95.9 Å². The van der Waals surface area contributed by atoms with Gasteiger partial charge in [0.05, 0.1) is 17.9 Å². The van der Waals surface area contributed by atoms with E-state index in [0.29, 0.717) is 24.1 Å². The topological polar surface area (TPSA) is 87.7 Å². The number of anilines is 1. The van der Waals surface area contributed by atoms with E-state index < -0.39 is 29.6 Å². The van der Waals surface area contributed by atoms with Crippen LogP contribution in [0.5, 0.6) is 0 Å². The fraction of sp³-hybridized carbons (Fsp3) is 0.606. The Morgan fingerprint density at radius 3 is 2.75 bits per heavy atom. The molecule has 214 valence electrons. The van der Waals surface area contributed by atoms with Gasteiger partial charge in [-0.15, -0.1) is 0 Å². The number of carbonyl (C=O) groups is 3. The smallest absolute Gasteiger partial charge is 0.246 e. The van der Waals surface area contributed by atoms with Crippen molar-refractivity contribution >= 4 is 23.4 Å². The van der Waals surface area contributed by atoms with Crippen molar-refractivity contribution in [3.63, 3.8) is 0 Å². The summed E-state index contributed by atoms with van der Waals surface area (Å²) in [4.78, 5) is 43.8. The summed E-state index contributed by atoms with van der Waals surface area (Å²) in [6.07, 6.45) is 14.0. The van der Waals surface area contributed by atoms with Crippen LogP contribution in [0.1, 0.15) is 70.8 Å². The lowest BCUT2D eigenvalue weighted by atomic mass is 9.73. The average molecular weight is 546 g/mol. The van der Waals surface area contributed by atoms with Crippen LogP contribution in [0.2, 0.25) is 0 Å². The predicted octanol–water partition coefficient (Wildman–Crippen LogP) is 4.92. The molecule has 2 aliphatic carbocycles. The summed E-state index contributed by atoms with van der Waals surface area (Å²) in [6, 6.07) is 6.95. The number of rotatable bonds is 7. The largest absolute Gasteiger partial charge is 0.359 e. The molecule has 0 unspecified atom stereocenters. The number of hydrogen-bond acceptors (Lipinski definition) is 4. The van der Waals surface area contributed by atoms with Crippen molar-refractivity contribution in [1.29, 1.82) is 0 Å². The molecule has 2 N–H and O–H groups in total. The highest BCUT2D eigenvalue weighted by molar-refractivity contribution is 6.02. The Balaban J connectivity index is 1.29. The number of nitrogens with one attached hydrogen (secondary N) is 2. The van der Waals surface area contributed by atoms with E-state index in [1.807, 2.05) is 43.3 Å². The second-order valence-corrected chi connectivity index (χ2v) is 12.8. The van der Waals surface area contributed by atoms with Crippen LogP contribution in [0.4, 0.5) is 5.69 Å². The molecule has 3 amide bonds. The molecule has 0 aromatic heterocycles. The molecule has 1 aromatic carbocycles. The maximum absolute atomic E-state index is 14.2. The Bertz CT molecular complexity index is 1240. The van der Waals surface area contributed by atoms with Crippen LogP contribution in [-0.2, 0) is 19.1 Å². The van der Waals surface area contributed by atoms with Gasteiger partial charge in [-0.25, -0.2) is 0 Å².